The Morgan fingerprint density at radius 1 is 1.50 bits per heavy atom. The minimum atomic E-state index is -5.05. The van der Waals surface area contributed by atoms with E-state index in [2.05, 4.69) is 4.98 Å². The van der Waals surface area contributed by atoms with Crippen molar-refractivity contribution in [2.45, 2.75) is 6.92 Å². The third-order valence-corrected chi connectivity index (χ3v) is 1.56. The van der Waals surface area contributed by atoms with Gasteiger partial charge in [-0.25, -0.2) is 4.98 Å². The van der Waals surface area contributed by atoms with Crippen molar-refractivity contribution in [3.8, 4) is 5.88 Å². The Kier molecular flexibility index (Phi) is 2.88. The van der Waals surface area contributed by atoms with E-state index in [1.165, 1.54) is 0 Å². The molecule has 3 nitrogen and oxygen atoms in total. The van der Waals surface area contributed by atoms with E-state index in [1.807, 2.05) is 0 Å². The molecular formula is C7H9BF3N2O-. The fraction of sp³-hybridized carbons (Fsp3) is 0.286. The molecule has 2 N–H and O–H groups in total. The number of ether oxygens (including phenoxy) is 1. The molecule has 1 heterocycles. The molecule has 1 rings (SSSR count). The highest BCUT2D eigenvalue weighted by Gasteiger charge is 2.26. The van der Waals surface area contributed by atoms with Gasteiger partial charge in [-0.2, -0.15) is 0 Å². The molecule has 14 heavy (non-hydrogen) atoms. The summed E-state index contributed by atoms with van der Waals surface area (Å²) in [6.45, 7) is -3.04. The van der Waals surface area contributed by atoms with Crippen molar-refractivity contribution >= 4 is 18.1 Å². The molecule has 1 aromatic rings. The maximum atomic E-state index is 12.2. The fourth-order valence-electron chi connectivity index (χ4n) is 0.923. The van der Waals surface area contributed by atoms with Crippen LogP contribution in [0.25, 0.3) is 0 Å². The van der Waals surface area contributed by atoms with Gasteiger partial charge in [0.1, 0.15) is 0 Å². The zero-order valence-electron chi connectivity index (χ0n) is 7.51. The summed E-state index contributed by atoms with van der Waals surface area (Å²) in [7, 11) is 0. The van der Waals surface area contributed by atoms with Gasteiger partial charge in [-0.05, 0) is 6.92 Å². The van der Waals surface area contributed by atoms with Crippen molar-refractivity contribution in [3.63, 3.8) is 0 Å². The molecule has 0 saturated heterocycles. The Morgan fingerprint density at radius 3 is 2.57 bits per heavy atom. The first kappa shape index (κ1) is 10.7. The monoisotopic (exact) mass is 205 g/mol. The van der Waals surface area contributed by atoms with Gasteiger partial charge in [0.2, 0.25) is 5.88 Å². The zero-order valence-corrected chi connectivity index (χ0v) is 7.51. The Bertz CT molecular complexity index is 329. The Labute approximate surface area is 79.1 Å². The van der Waals surface area contributed by atoms with Crippen molar-refractivity contribution in [1.29, 1.82) is 0 Å². The first-order chi connectivity index (χ1) is 6.45. The lowest BCUT2D eigenvalue weighted by Crippen LogP contribution is -2.34. The molecule has 0 amide bonds. The topological polar surface area (TPSA) is 48.1 Å². The number of hydrogen-bond acceptors (Lipinski definition) is 3. The van der Waals surface area contributed by atoms with E-state index in [9.17, 15) is 12.9 Å². The summed E-state index contributed by atoms with van der Waals surface area (Å²) in [5, 5.41) is 0. The van der Waals surface area contributed by atoms with Gasteiger partial charge >= 0.3 is 6.98 Å². The molecule has 0 aliphatic heterocycles. The van der Waals surface area contributed by atoms with Crippen molar-refractivity contribution in [2.24, 2.45) is 0 Å². The van der Waals surface area contributed by atoms with Gasteiger partial charge in [-0.1, -0.05) is 11.5 Å². The average molecular weight is 205 g/mol. The highest BCUT2D eigenvalue weighted by atomic mass is 19.4. The van der Waals surface area contributed by atoms with E-state index in [1.54, 1.807) is 6.92 Å². The van der Waals surface area contributed by atoms with Gasteiger partial charge in [-0.15, -0.1) is 0 Å². The molecule has 78 valence electrons. The van der Waals surface area contributed by atoms with Crippen molar-refractivity contribution in [2.75, 3.05) is 12.3 Å². The Morgan fingerprint density at radius 2 is 2.14 bits per heavy atom. The zero-order chi connectivity index (χ0) is 10.8. The number of nitrogens with two attached hydrogens (primary N) is 1. The number of nitrogen functional groups attached to an aromatic ring is 1. The second kappa shape index (κ2) is 3.77. The molecular weight excluding hydrogens is 196 g/mol. The van der Waals surface area contributed by atoms with E-state index in [0.29, 0.717) is 6.61 Å². The normalized spacial score (nSPS) is 11.4. The lowest BCUT2D eigenvalue weighted by Gasteiger charge is -2.15. The van der Waals surface area contributed by atoms with Gasteiger partial charge in [0.15, 0.2) is 0 Å². The van der Waals surface area contributed by atoms with Crippen molar-refractivity contribution in [3.05, 3.63) is 12.3 Å². The molecule has 0 aromatic carbocycles. The molecule has 0 fully saturated rings. The first-order valence-electron chi connectivity index (χ1n) is 4.03. The summed E-state index contributed by atoms with van der Waals surface area (Å²) >= 11 is 0. The van der Waals surface area contributed by atoms with Crippen LogP contribution in [0, 0.1) is 0 Å². The maximum absolute atomic E-state index is 12.2. The molecule has 0 bridgehead atoms. The van der Waals surface area contributed by atoms with Crippen LogP contribution < -0.4 is 15.9 Å². The summed E-state index contributed by atoms with van der Waals surface area (Å²) in [5.41, 5.74) is 4.42. The van der Waals surface area contributed by atoms with Crippen LogP contribution in [0.4, 0.5) is 18.6 Å². The minimum Gasteiger partial charge on any atom is -0.477 e. The number of pyridine rings is 1. The predicted octanol–water partition coefficient (Wildman–Crippen LogP) is 1.12. The highest BCUT2D eigenvalue weighted by Crippen LogP contribution is 2.18. The molecule has 0 aliphatic carbocycles. The lowest BCUT2D eigenvalue weighted by molar-refractivity contribution is 0.329. The van der Waals surface area contributed by atoms with Crippen molar-refractivity contribution in [1.82, 2.24) is 4.98 Å². The molecule has 0 spiro atoms. The van der Waals surface area contributed by atoms with Gasteiger partial charge < -0.3 is 23.4 Å². The van der Waals surface area contributed by atoms with Crippen LogP contribution in [0.5, 0.6) is 5.88 Å². The van der Waals surface area contributed by atoms with E-state index >= 15 is 0 Å². The third-order valence-electron chi connectivity index (χ3n) is 1.56. The fourth-order valence-corrected chi connectivity index (χ4v) is 0.923. The van der Waals surface area contributed by atoms with Gasteiger partial charge in [0.25, 0.3) is 0 Å². The number of anilines is 1. The first-order valence-corrected chi connectivity index (χ1v) is 4.03. The molecule has 0 unspecified atom stereocenters. The van der Waals surface area contributed by atoms with Crippen LogP contribution >= 0.6 is 0 Å². The quantitative estimate of drug-likeness (QED) is 0.752. The standard InChI is InChI=1S/C7H9BF3N2O/c1-2-14-7-6(12)3-5(4-13-7)8(9,10)11/h3-4H,2,12H2,1H3/q-1. The summed E-state index contributed by atoms with van der Waals surface area (Å²) < 4.78 is 41.5. The van der Waals surface area contributed by atoms with Gasteiger partial charge in [0.05, 0.1) is 12.3 Å². The number of aromatic nitrogens is 1. The second-order valence-electron chi connectivity index (χ2n) is 2.67. The van der Waals surface area contributed by atoms with E-state index in [4.69, 9.17) is 10.5 Å². The maximum Gasteiger partial charge on any atom is 0.511 e. The molecule has 0 aliphatic rings. The SMILES string of the molecule is CCOc1ncc([B-](F)(F)F)cc1N. The Hall–Kier alpha value is -1.40. The minimum absolute atomic E-state index is 0.0382. The molecule has 0 radical (unpaired) electrons. The molecule has 0 atom stereocenters. The van der Waals surface area contributed by atoms with Crippen LogP contribution in [0.1, 0.15) is 6.92 Å². The molecule has 0 saturated carbocycles. The molecule has 7 heteroatoms. The van der Waals surface area contributed by atoms with Crippen LogP contribution in [0.2, 0.25) is 0 Å². The average Bonchev–Trinajstić information content (AvgIpc) is 2.07. The largest absolute Gasteiger partial charge is 0.511 e. The van der Waals surface area contributed by atoms with Crippen LogP contribution in [0.3, 0.4) is 0 Å². The summed E-state index contributed by atoms with van der Waals surface area (Å²) in [5.74, 6) is 0.0382. The van der Waals surface area contributed by atoms with E-state index in [-0.39, 0.29) is 11.6 Å². The van der Waals surface area contributed by atoms with E-state index < -0.39 is 12.4 Å². The number of halogens is 3. The summed E-state index contributed by atoms with van der Waals surface area (Å²) in [6, 6.07) is 0.831. The highest BCUT2D eigenvalue weighted by molar-refractivity contribution is 6.73. The lowest BCUT2D eigenvalue weighted by atomic mass is 9.81. The smallest absolute Gasteiger partial charge is 0.477 e. The van der Waals surface area contributed by atoms with Gasteiger partial charge in [-0.3, -0.25) is 0 Å². The van der Waals surface area contributed by atoms with E-state index in [0.717, 1.165) is 12.3 Å². The number of hydrogen-bond donors (Lipinski definition) is 1. The van der Waals surface area contributed by atoms with Gasteiger partial charge in [0, 0.05) is 6.20 Å². The number of nitrogens with zero attached hydrogens (tertiary/aromatic N) is 1. The number of rotatable bonds is 3. The molecule has 1 aromatic heterocycles. The Balaban J connectivity index is 3.01. The predicted molar refractivity (Wildman–Crippen MR) is 48.5 cm³/mol. The third kappa shape index (κ3) is 2.30. The van der Waals surface area contributed by atoms with Crippen LogP contribution in [-0.4, -0.2) is 18.6 Å². The van der Waals surface area contributed by atoms with Crippen LogP contribution in [0.15, 0.2) is 12.3 Å². The van der Waals surface area contributed by atoms with Crippen molar-refractivity contribution < 1.29 is 17.7 Å². The van der Waals surface area contributed by atoms with Crippen LogP contribution in [-0.2, 0) is 0 Å². The summed E-state index contributed by atoms with van der Waals surface area (Å²) in [4.78, 5) is 3.48. The summed E-state index contributed by atoms with van der Waals surface area (Å²) in [6.07, 6.45) is 0.724. The second-order valence-corrected chi connectivity index (χ2v) is 2.67.